The van der Waals surface area contributed by atoms with E-state index in [1.165, 1.54) is 6.42 Å². The van der Waals surface area contributed by atoms with E-state index >= 15 is 0 Å². The summed E-state index contributed by atoms with van der Waals surface area (Å²) in [5.41, 5.74) is 0.541. The van der Waals surface area contributed by atoms with E-state index in [1.54, 1.807) is 6.07 Å². The molecule has 1 aromatic heterocycles. The first-order valence-corrected chi connectivity index (χ1v) is 6.95. The van der Waals surface area contributed by atoms with Gasteiger partial charge in [-0.1, -0.05) is 13.0 Å². The van der Waals surface area contributed by atoms with Gasteiger partial charge in [-0.3, -0.25) is 4.79 Å². The quantitative estimate of drug-likeness (QED) is 0.785. The van der Waals surface area contributed by atoms with Crippen LogP contribution >= 0.6 is 15.9 Å². The predicted octanol–water partition coefficient (Wildman–Crippen LogP) is 3.25. The molecule has 2 rings (SSSR count). The highest BCUT2D eigenvalue weighted by atomic mass is 79.9. The van der Waals surface area contributed by atoms with Crippen molar-refractivity contribution in [2.24, 2.45) is 0 Å². The molecule has 17 heavy (non-hydrogen) atoms. The summed E-state index contributed by atoms with van der Waals surface area (Å²) in [6.07, 6.45) is 4.49. The molecule has 0 spiro atoms. The molecule has 1 fully saturated rings. The topological polar surface area (TPSA) is 33.2 Å². The summed E-state index contributed by atoms with van der Waals surface area (Å²) in [5.74, 6) is 0.0675. The maximum absolute atomic E-state index is 12.4. The molecule has 0 saturated carbocycles. The highest BCUT2D eigenvalue weighted by Crippen LogP contribution is 2.21. The normalized spacial score (nSPS) is 20.4. The molecule has 1 atom stereocenters. The summed E-state index contributed by atoms with van der Waals surface area (Å²) < 4.78 is 0.716. The maximum atomic E-state index is 12.4. The lowest BCUT2D eigenvalue weighted by Gasteiger charge is -2.35. The monoisotopic (exact) mass is 296 g/mol. The average molecular weight is 297 g/mol. The van der Waals surface area contributed by atoms with Crippen molar-refractivity contribution in [3.05, 3.63) is 28.5 Å². The van der Waals surface area contributed by atoms with Gasteiger partial charge in [-0.2, -0.15) is 0 Å². The van der Waals surface area contributed by atoms with Crippen molar-refractivity contribution in [2.45, 2.75) is 38.6 Å². The Balaban J connectivity index is 2.18. The van der Waals surface area contributed by atoms with Gasteiger partial charge in [-0.25, -0.2) is 4.98 Å². The van der Waals surface area contributed by atoms with E-state index in [9.17, 15) is 4.79 Å². The van der Waals surface area contributed by atoms with E-state index in [0.29, 0.717) is 16.3 Å². The van der Waals surface area contributed by atoms with Gasteiger partial charge in [-0.05, 0) is 53.7 Å². The molecule has 1 amide bonds. The summed E-state index contributed by atoms with van der Waals surface area (Å²) in [6, 6.07) is 5.87. The second-order valence-corrected chi connectivity index (χ2v) is 5.21. The van der Waals surface area contributed by atoms with E-state index in [-0.39, 0.29) is 5.91 Å². The van der Waals surface area contributed by atoms with Gasteiger partial charge in [0.15, 0.2) is 0 Å². The summed E-state index contributed by atoms with van der Waals surface area (Å²) >= 11 is 3.30. The standard InChI is InChI=1S/C13H17BrN2O/c1-2-10-6-3-4-9-16(10)13(17)11-7-5-8-12(14)15-11/h5,7-8,10H,2-4,6,9H2,1H3. The van der Waals surface area contributed by atoms with E-state index in [2.05, 4.69) is 27.8 Å². The number of pyridine rings is 1. The fraction of sp³-hybridized carbons (Fsp3) is 0.538. The van der Waals surface area contributed by atoms with Gasteiger partial charge in [0.1, 0.15) is 10.3 Å². The fourth-order valence-electron chi connectivity index (χ4n) is 2.37. The Morgan fingerprint density at radius 2 is 2.35 bits per heavy atom. The molecule has 0 N–H and O–H groups in total. The first-order chi connectivity index (χ1) is 8.22. The van der Waals surface area contributed by atoms with Crippen LogP contribution in [-0.2, 0) is 0 Å². The first-order valence-electron chi connectivity index (χ1n) is 6.16. The molecule has 92 valence electrons. The van der Waals surface area contributed by atoms with Crippen LogP contribution in [0.1, 0.15) is 43.1 Å². The smallest absolute Gasteiger partial charge is 0.272 e. The Morgan fingerprint density at radius 1 is 1.53 bits per heavy atom. The molecular formula is C13H17BrN2O. The minimum absolute atomic E-state index is 0.0675. The predicted molar refractivity (Wildman–Crippen MR) is 70.9 cm³/mol. The molecule has 1 aliphatic heterocycles. The molecule has 4 heteroatoms. The van der Waals surface area contributed by atoms with E-state index < -0.39 is 0 Å². The lowest BCUT2D eigenvalue weighted by molar-refractivity contribution is 0.0602. The molecule has 3 nitrogen and oxygen atoms in total. The molecule has 1 unspecified atom stereocenters. The summed E-state index contributed by atoms with van der Waals surface area (Å²) in [4.78, 5) is 18.6. The van der Waals surface area contributed by atoms with Crippen LogP contribution in [0.2, 0.25) is 0 Å². The van der Waals surface area contributed by atoms with Gasteiger partial charge < -0.3 is 4.90 Å². The zero-order chi connectivity index (χ0) is 12.3. The number of carbonyl (C=O) groups is 1. The molecular weight excluding hydrogens is 280 g/mol. The van der Waals surface area contributed by atoms with Gasteiger partial charge in [0.2, 0.25) is 0 Å². The Labute approximate surface area is 110 Å². The van der Waals surface area contributed by atoms with Gasteiger partial charge in [0.25, 0.3) is 5.91 Å². The maximum Gasteiger partial charge on any atom is 0.272 e. The second kappa shape index (κ2) is 5.63. The minimum Gasteiger partial charge on any atom is -0.334 e. The summed E-state index contributed by atoms with van der Waals surface area (Å²) in [7, 11) is 0. The summed E-state index contributed by atoms with van der Waals surface area (Å²) in [5, 5.41) is 0. The number of halogens is 1. The van der Waals surface area contributed by atoms with Crippen molar-refractivity contribution in [3.8, 4) is 0 Å². The average Bonchev–Trinajstić information content (AvgIpc) is 2.38. The Morgan fingerprint density at radius 3 is 3.06 bits per heavy atom. The molecule has 0 radical (unpaired) electrons. The number of hydrogen-bond acceptors (Lipinski definition) is 2. The number of piperidine rings is 1. The number of aromatic nitrogens is 1. The number of likely N-dealkylation sites (tertiary alicyclic amines) is 1. The highest BCUT2D eigenvalue weighted by Gasteiger charge is 2.26. The van der Waals surface area contributed by atoms with E-state index in [0.717, 1.165) is 25.8 Å². The fourth-order valence-corrected chi connectivity index (χ4v) is 2.71. The number of rotatable bonds is 2. The Bertz CT molecular complexity index is 408. The van der Waals surface area contributed by atoms with Crippen molar-refractivity contribution in [3.63, 3.8) is 0 Å². The lowest BCUT2D eigenvalue weighted by Crippen LogP contribution is -2.43. The van der Waals surface area contributed by atoms with Crippen LogP contribution in [0, 0.1) is 0 Å². The molecule has 1 saturated heterocycles. The van der Waals surface area contributed by atoms with Crippen LogP contribution in [0.4, 0.5) is 0 Å². The molecule has 0 aromatic carbocycles. The number of nitrogens with zero attached hydrogens (tertiary/aromatic N) is 2. The molecule has 1 aromatic rings. The van der Waals surface area contributed by atoms with Gasteiger partial charge >= 0.3 is 0 Å². The Hall–Kier alpha value is -0.900. The SMILES string of the molecule is CCC1CCCCN1C(=O)c1cccc(Br)n1. The van der Waals surface area contributed by atoms with Crippen LogP contribution in [0.15, 0.2) is 22.8 Å². The van der Waals surface area contributed by atoms with Crippen LogP contribution in [0.3, 0.4) is 0 Å². The van der Waals surface area contributed by atoms with Crippen LogP contribution in [0.5, 0.6) is 0 Å². The van der Waals surface area contributed by atoms with Crippen LogP contribution in [0.25, 0.3) is 0 Å². The zero-order valence-corrected chi connectivity index (χ0v) is 11.6. The van der Waals surface area contributed by atoms with Crippen molar-refractivity contribution in [2.75, 3.05) is 6.54 Å². The number of carbonyl (C=O) groups excluding carboxylic acids is 1. The van der Waals surface area contributed by atoms with Gasteiger partial charge in [0.05, 0.1) is 0 Å². The molecule has 1 aliphatic rings. The largest absolute Gasteiger partial charge is 0.334 e. The summed E-state index contributed by atoms with van der Waals surface area (Å²) in [6.45, 7) is 3.01. The van der Waals surface area contributed by atoms with Crippen molar-refractivity contribution >= 4 is 21.8 Å². The first kappa shape index (κ1) is 12.6. The molecule has 2 heterocycles. The third-order valence-corrected chi connectivity index (χ3v) is 3.74. The second-order valence-electron chi connectivity index (χ2n) is 4.40. The Kier molecular flexibility index (Phi) is 4.15. The van der Waals surface area contributed by atoms with Crippen molar-refractivity contribution < 1.29 is 4.79 Å². The van der Waals surface area contributed by atoms with E-state index in [4.69, 9.17) is 0 Å². The zero-order valence-electron chi connectivity index (χ0n) is 10.0. The van der Waals surface area contributed by atoms with Crippen molar-refractivity contribution in [1.29, 1.82) is 0 Å². The third kappa shape index (κ3) is 2.86. The number of amides is 1. The number of hydrogen-bond donors (Lipinski definition) is 0. The van der Waals surface area contributed by atoms with E-state index in [1.807, 2.05) is 17.0 Å². The molecule has 0 bridgehead atoms. The third-order valence-electron chi connectivity index (χ3n) is 3.29. The van der Waals surface area contributed by atoms with Crippen LogP contribution < -0.4 is 0 Å². The van der Waals surface area contributed by atoms with Crippen LogP contribution in [-0.4, -0.2) is 28.4 Å². The highest BCUT2D eigenvalue weighted by molar-refractivity contribution is 9.10. The van der Waals surface area contributed by atoms with Gasteiger partial charge in [0, 0.05) is 12.6 Å². The van der Waals surface area contributed by atoms with Gasteiger partial charge in [-0.15, -0.1) is 0 Å². The molecule has 0 aliphatic carbocycles. The lowest BCUT2D eigenvalue weighted by atomic mass is 9.99. The van der Waals surface area contributed by atoms with Crippen molar-refractivity contribution in [1.82, 2.24) is 9.88 Å². The minimum atomic E-state index is 0.0675.